The van der Waals surface area contributed by atoms with Gasteiger partial charge >= 0.3 is 5.97 Å². The summed E-state index contributed by atoms with van der Waals surface area (Å²) in [5.74, 6) is -0.0766. The summed E-state index contributed by atoms with van der Waals surface area (Å²) in [7, 11) is 1.40. The van der Waals surface area contributed by atoms with Crippen LogP contribution < -0.4 is 0 Å². The van der Waals surface area contributed by atoms with Crippen LogP contribution >= 0.6 is 0 Å². The molecule has 1 aliphatic rings. The zero-order valence-corrected chi connectivity index (χ0v) is 16.3. The summed E-state index contributed by atoms with van der Waals surface area (Å²) in [5, 5.41) is 0. The molecular weight excluding hydrogens is 326 g/mol. The molecule has 1 amide bonds. The number of nitrogens with zero attached hydrogens (tertiary/aromatic N) is 1. The summed E-state index contributed by atoms with van der Waals surface area (Å²) < 4.78 is 4.78. The Labute approximate surface area is 157 Å². The first-order valence-electron chi connectivity index (χ1n) is 10.0. The second-order valence-electron chi connectivity index (χ2n) is 7.40. The lowest BCUT2D eigenvalue weighted by Crippen LogP contribution is -2.42. The van der Waals surface area contributed by atoms with E-state index in [-0.39, 0.29) is 24.3 Å². The SMILES string of the molecule is COC(=O)CCN(C(=O)CCc1ccc(C)cc1)C1CCCCCCC1. The van der Waals surface area contributed by atoms with Gasteiger partial charge < -0.3 is 9.64 Å². The molecule has 0 heterocycles. The predicted octanol–water partition coefficient (Wildman–Crippen LogP) is 4.43. The van der Waals surface area contributed by atoms with Crippen molar-refractivity contribution in [3.05, 3.63) is 35.4 Å². The van der Waals surface area contributed by atoms with Gasteiger partial charge in [0.15, 0.2) is 0 Å². The molecule has 0 radical (unpaired) electrons. The first-order chi connectivity index (χ1) is 12.6. The second kappa shape index (κ2) is 11.0. The third kappa shape index (κ3) is 6.81. The third-order valence-electron chi connectivity index (χ3n) is 5.37. The lowest BCUT2D eigenvalue weighted by atomic mass is 9.95. The van der Waals surface area contributed by atoms with Gasteiger partial charge in [0.1, 0.15) is 0 Å². The number of hydrogen-bond acceptors (Lipinski definition) is 3. The highest BCUT2D eigenvalue weighted by atomic mass is 16.5. The smallest absolute Gasteiger partial charge is 0.307 e. The summed E-state index contributed by atoms with van der Waals surface area (Å²) in [6.07, 6.45) is 9.78. The number of carbonyl (C=O) groups excluding carboxylic acids is 2. The van der Waals surface area contributed by atoms with Crippen LogP contribution in [0.25, 0.3) is 0 Å². The molecule has 1 aromatic carbocycles. The minimum Gasteiger partial charge on any atom is -0.469 e. The number of hydrogen-bond donors (Lipinski definition) is 0. The summed E-state index contributed by atoms with van der Waals surface area (Å²) in [6, 6.07) is 8.63. The van der Waals surface area contributed by atoms with Gasteiger partial charge in [0.05, 0.1) is 13.5 Å². The van der Waals surface area contributed by atoms with Gasteiger partial charge in [-0.2, -0.15) is 0 Å². The number of rotatable bonds is 7. The molecule has 0 unspecified atom stereocenters. The molecule has 0 saturated heterocycles. The van der Waals surface area contributed by atoms with Gasteiger partial charge in [0.2, 0.25) is 5.91 Å². The number of esters is 1. The van der Waals surface area contributed by atoms with Crippen molar-refractivity contribution in [3.63, 3.8) is 0 Å². The molecule has 1 aromatic rings. The average molecular weight is 360 g/mol. The molecule has 4 nitrogen and oxygen atoms in total. The maximum absolute atomic E-state index is 13.0. The van der Waals surface area contributed by atoms with Crippen LogP contribution in [-0.4, -0.2) is 36.5 Å². The van der Waals surface area contributed by atoms with Gasteiger partial charge in [-0.3, -0.25) is 9.59 Å². The van der Waals surface area contributed by atoms with Crippen LogP contribution in [0.15, 0.2) is 24.3 Å². The zero-order chi connectivity index (χ0) is 18.8. The normalized spacial score (nSPS) is 15.8. The first kappa shape index (κ1) is 20.5. The topological polar surface area (TPSA) is 46.6 Å². The van der Waals surface area contributed by atoms with Crippen LogP contribution in [0.4, 0.5) is 0 Å². The van der Waals surface area contributed by atoms with E-state index in [0.29, 0.717) is 13.0 Å². The molecule has 0 N–H and O–H groups in total. The summed E-state index contributed by atoms with van der Waals surface area (Å²) in [4.78, 5) is 26.5. The lowest BCUT2D eigenvalue weighted by Gasteiger charge is -2.33. The van der Waals surface area contributed by atoms with Crippen molar-refractivity contribution in [2.45, 2.75) is 77.2 Å². The number of benzene rings is 1. The van der Waals surface area contributed by atoms with E-state index in [2.05, 4.69) is 31.2 Å². The van der Waals surface area contributed by atoms with E-state index in [1.807, 2.05) is 4.90 Å². The summed E-state index contributed by atoms with van der Waals surface area (Å²) >= 11 is 0. The maximum atomic E-state index is 13.0. The van der Waals surface area contributed by atoms with Gasteiger partial charge in [-0.1, -0.05) is 61.9 Å². The lowest BCUT2D eigenvalue weighted by molar-refractivity contribution is -0.142. The fourth-order valence-corrected chi connectivity index (χ4v) is 3.72. The van der Waals surface area contributed by atoms with Crippen molar-refractivity contribution in [1.29, 1.82) is 0 Å². The van der Waals surface area contributed by atoms with E-state index in [1.54, 1.807) is 0 Å². The Kier molecular flexibility index (Phi) is 8.66. The largest absolute Gasteiger partial charge is 0.469 e. The Bertz CT molecular complexity index is 559. The number of methoxy groups -OCH3 is 1. The number of carbonyl (C=O) groups is 2. The highest BCUT2D eigenvalue weighted by molar-refractivity contribution is 5.78. The number of aryl methyl sites for hydroxylation is 2. The monoisotopic (exact) mass is 359 g/mol. The Hall–Kier alpha value is -1.84. The van der Waals surface area contributed by atoms with Crippen LogP contribution in [0.2, 0.25) is 0 Å². The first-order valence-corrected chi connectivity index (χ1v) is 10.0. The Morgan fingerprint density at radius 2 is 1.62 bits per heavy atom. The molecule has 26 heavy (non-hydrogen) atoms. The Morgan fingerprint density at radius 1 is 1.00 bits per heavy atom. The Balaban J connectivity index is 1.98. The van der Waals surface area contributed by atoms with Crippen molar-refractivity contribution in [2.75, 3.05) is 13.7 Å². The zero-order valence-electron chi connectivity index (χ0n) is 16.3. The van der Waals surface area contributed by atoms with Crippen LogP contribution in [0, 0.1) is 6.92 Å². The van der Waals surface area contributed by atoms with E-state index in [0.717, 1.165) is 19.3 Å². The molecule has 2 rings (SSSR count). The number of ether oxygens (including phenoxy) is 1. The van der Waals surface area contributed by atoms with Gasteiger partial charge in [-0.25, -0.2) is 0 Å². The van der Waals surface area contributed by atoms with E-state index in [9.17, 15) is 9.59 Å². The van der Waals surface area contributed by atoms with Gasteiger partial charge in [0, 0.05) is 19.0 Å². The van der Waals surface area contributed by atoms with Crippen molar-refractivity contribution in [3.8, 4) is 0 Å². The molecule has 0 bridgehead atoms. The molecular formula is C22H33NO3. The highest BCUT2D eigenvalue weighted by Gasteiger charge is 2.24. The van der Waals surface area contributed by atoms with E-state index >= 15 is 0 Å². The van der Waals surface area contributed by atoms with Crippen LogP contribution in [0.1, 0.15) is 68.9 Å². The molecule has 1 saturated carbocycles. The molecule has 1 fully saturated rings. The van der Waals surface area contributed by atoms with E-state index in [1.165, 1.54) is 50.3 Å². The maximum Gasteiger partial charge on any atom is 0.307 e. The quantitative estimate of drug-likeness (QED) is 0.677. The molecule has 0 aliphatic heterocycles. The van der Waals surface area contributed by atoms with Crippen LogP contribution in [0.5, 0.6) is 0 Å². The second-order valence-corrected chi connectivity index (χ2v) is 7.40. The Morgan fingerprint density at radius 3 is 2.23 bits per heavy atom. The van der Waals surface area contributed by atoms with E-state index < -0.39 is 0 Å². The van der Waals surface area contributed by atoms with Crippen LogP contribution in [-0.2, 0) is 20.7 Å². The van der Waals surface area contributed by atoms with Gasteiger partial charge in [-0.05, 0) is 31.7 Å². The predicted molar refractivity (Wildman–Crippen MR) is 104 cm³/mol. The molecule has 0 spiro atoms. The van der Waals surface area contributed by atoms with Crippen molar-refractivity contribution in [1.82, 2.24) is 4.90 Å². The fraction of sp³-hybridized carbons (Fsp3) is 0.636. The van der Waals surface area contributed by atoms with Crippen molar-refractivity contribution < 1.29 is 14.3 Å². The van der Waals surface area contributed by atoms with Crippen molar-refractivity contribution in [2.24, 2.45) is 0 Å². The number of amides is 1. The van der Waals surface area contributed by atoms with Crippen molar-refractivity contribution >= 4 is 11.9 Å². The van der Waals surface area contributed by atoms with Crippen LogP contribution in [0.3, 0.4) is 0 Å². The van der Waals surface area contributed by atoms with Gasteiger partial charge in [0.25, 0.3) is 0 Å². The molecule has 144 valence electrons. The van der Waals surface area contributed by atoms with E-state index in [4.69, 9.17) is 4.74 Å². The summed E-state index contributed by atoms with van der Waals surface area (Å²) in [6.45, 7) is 2.54. The average Bonchev–Trinajstić information content (AvgIpc) is 2.62. The molecule has 0 aromatic heterocycles. The summed E-state index contributed by atoms with van der Waals surface area (Å²) in [5.41, 5.74) is 2.42. The standard InChI is InChI=1S/C22H33NO3/c1-18-10-12-19(13-11-18)14-15-21(24)23(17-16-22(25)26-2)20-8-6-4-3-5-7-9-20/h10-13,20H,3-9,14-17H2,1-2H3. The fourth-order valence-electron chi connectivity index (χ4n) is 3.72. The molecule has 1 aliphatic carbocycles. The molecule has 4 heteroatoms. The minimum atomic E-state index is -0.243. The van der Waals surface area contributed by atoms with Gasteiger partial charge in [-0.15, -0.1) is 0 Å². The third-order valence-corrected chi connectivity index (χ3v) is 5.37. The highest BCUT2D eigenvalue weighted by Crippen LogP contribution is 2.23. The molecule has 0 atom stereocenters. The minimum absolute atomic E-state index is 0.167.